The summed E-state index contributed by atoms with van der Waals surface area (Å²) < 4.78 is 17.2. The maximum atomic E-state index is 6.21. The van der Waals surface area contributed by atoms with Gasteiger partial charge in [-0.05, 0) is 49.1 Å². The molecule has 1 heterocycles. The van der Waals surface area contributed by atoms with Gasteiger partial charge in [-0.2, -0.15) is 0 Å². The molecule has 0 fully saturated rings. The van der Waals surface area contributed by atoms with Gasteiger partial charge in [-0.3, -0.25) is 0 Å². The number of hydrogen-bond donors (Lipinski definition) is 1. The van der Waals surface area contributed by atoms with Gasteiger partial charge >= 0.3 is 0 Å². The average Bonchev–Trinajstić information content (AvgIpc) is 2.78. The molecule has 0 spiro atoms. The van der Waals surface area contributed by atoms with Gasteiger partial charge in [0, 0.05) is 29.3 Å². The average molecular weight is 414 g/mol. The largest absolute Gasteiger partial charge is 0.493 e. The highest BCUT2D eigenvalue weighted by molar-refractivity contribution is 6.17. The highest BCUT2D eigenvalue weighted by Crippen LogP contribution is 2.37. The SMILES string of the molecule is COc1cc2c(cc1OC)/C(=C(\C)C(=CCCCl)OCc1ccccc1)NCC2. The Morgan fingerprint density at radius 1 is 1.10 bits per heavy atom. The molecule has 0 saturated carbocycles. The van der Waals surface area contributed by atoms with Crippen molar-refractivity contribution in [2.75, 3.05) is 26.6 Å². The third-order valence-corrected chi connectivity index (χ3v) is 5.21. The number of methoxy groups -OCH3 is 2. The summed E-state index contributed by atoms with van der Waals surface area (Å²) in [5.41, 5.74) is 5.59. The third-order valence-electron chi connectivity index (χ3n) is 5.00. The Morgan fingerprint density at radius 3 is 2.52 bits per heavy atom. The van der Waals surface area contributed by atoms with Crippen LogP contribution in [0.3, 0.4) is 0 Å². The van der Waals surface area contributed by atoms with Crippen LogP contribution >= 0.6 is 11.6 Å². The minimum absolute atomic E-state index is 0.512. The summed E-state index contributed by atoms with van der Waals surface area (Å²) in [4.78, 5) is 0. The van der Waals surface area contributed by atoms with Crippen LogP contribution in [0.5, 0.6) is 11.5 Å². The molecule has 2 aromatic rings. The molecular weight excluding hydrogens is 386 g/mol. The van der Waals surface area contributed by atoms with Crippen molar-refractivity contribution in [3.63, 3.8) is 0 Å². The van der Waals surface area contributed by atoms with E-state index in [0.717, 1.165) is 59.0 Å². The Bertz CT molecular complexity index is 890. The van der Waals surface area contributed by atoms with Gasteiger partial charge in [-0.1, -0.05) is 30.3 Å². The number of alkyl halides is 1. The van der Waals surface area contributed by atoms with Gasteiger partial charge < -0.3 is 19.5 Å². The molecule has 0 radical (unpaired) electrons. The van der Waals surface area contributed by atoms with Crippen LogP contribution in [0.4, 0.5) is 0 Å². The Balaban J connectivity index is 1.97. The van der Waals surface area contributed by atoms with Crippen molar-refractivity contribution in [3.05, 3.63) is 76.6 Å². The van der Waals surface area contributed by atoms with E-state index in [9.17, 15) is 0 Å². The molecule has 0 aromatic heterocycles. The molecule has 29 heavy (non-hydrogen) atoms. The van der Waals surface area contributed by atoms with Crippen molar-refractivity contribution in [2.45, 2.75) is 26.4 Å². The van der Waals surface area contributed by atoms with Crippen molar-refractivity contribution in [2.24, 2.45) is 0 Å². The molecule has 0 atom stereocenters. The van der Waals surface area contributed by atoms with Gasteiger partial charge in [0.2, 0.25) is 0 Å². The van der Waals surface area contributed by atoms with E-state index in [2.05, 4.69) is 36.5 Å². The Hall–Kier alpha value is -2.59. The van der Waals surface area contributed by atoms with Crippen LogP contribution in [0.15, 0.2) is 59.9 Å². The minimum Gasteiger partial charge on any atom is -0.493 e. The fraction of sp³-hybridized carbons (Fsp3) is 0.333. The number of allylic oxidation sites excluding steroid dienone is 2. The first kappa shape index (κ1) is 21.1. The second kappa shape index (κ2) is 10.3. The second-order valence-electron chi connectivity index (χ2n) is 6.86. The van der Waals surface area contributed by atoms with E-state index in [1.165, 1.54) is 5.56 Å². The van der Waals surface area contributed by atoms with Crippen molar-refractivity contribution in [3.8, 4) is 11.5 Å². The van der Waals surface area contributed by atoms with E-state index in [1.54, 1.807) is 14.2 Å². The quantitative estimate of drug-likeness (QED) is 0.470. The van der Waals surface area contributed by atoms with Crippen molar-refractivity contribution in [1.29, 1.82) is 0 Å². The van der Waals surface area contributed by atoms with Gasteiger partial charge in [0.05, 0.1) is 14.2 Å². The summed E-state index contributed by atoms with van der Waals surface area (Å²) in [5.74, 6) is 2.87. The molecule has 3 rings (SSSR count). The van der Waals surface area contributed by atoms with Gasteiger partial charge in [0.25, 0.3) is 0 Å². The summed E-state index contributed by atoms with van der Waals surface area (Å²) in [6, 6.07) is 14.3. The number of hydrogen-bond acceptors (Lipinski definition) is 4. The number of rotatable bonds is 8. The fourth-order valence-electron chi connectivity index (χ4n) is 3.48. The van der Waals surface area contributed by atoms with Crippen LogP contribution in [-0.4, -0.2) is 26.6 Å². The predicted molar refractivity (Wildman–Crippen MR) is 118 cm³/mol. The van der Waals surface area contributed by atoms with Gasteiger partial charge in [0.1, 0.15) is 12.4 Å². The monoisotopic (exact) mass is 413 g/mol. The van der Waals surface area contributed by atoms with E-state index in [-0.39, 0.29) is 0 Å². The summed E-state index contributed by atoms with van der Waals surface area (Å²) >= 11 is 5.95. The Kier molecular flexibility index (Phi) is 7.48. The summed E-state index contributed by atoms with van der Waals surface area (Å²) in [7, 11) is 3.32. The maximum Gasteiger partial charge on any atom is 0.161 e. The number of nitrogens with one attached hydrogen (secondary N) is 1. The molecule has 0 amide bonds. The highest BCUT2D eigenvalue weighted by Gasteiger charge is 2.21. The molecule has 2 aromatic carbocycles. The lowest BCUT2D eigenvalue weighted by atomic mass is 9.94. The van der Waals surface area contributed by atoms with Crippen LogP contribution in [0.25, 0.3) is 5.70 Å². The third kappa shape index (κ3) is 5.07. The number of halogens is 1. The predicted octanol–water partition coefficient (Wildman–Crippen LogP) is 5.31. The molecule has 0 aliphatic carbocycles. The summed E-state index contributed by atoms with van der Waals surface area (Å²) in [5, 5.41) is 3.55. The molecule has 0 saturated heterocycles. The minimum atomic E-state index is 0.512. The molecule has 1 aliphatic rings. The Labute approximate surface area is 178 Å². The standard InChI is InChI=1S/C24H28ClNO3/c1-17(21(10-7-12-25)29-16-18-8-5-4-6-9-18)24-20-15-23(28-3)22(27-2)14-19(20)11-13-26-24/h4-6,8-10,14-15,26H,7,11-13,16H2,1-3H3/b21-10?,24-17-. The van der Waals surface area contributed by atoms with Crippen molar-refractivity contribution in [1.82, 2.24) is 5.32 Å². The van der Waals surface area contributed by atoms with E-state index >= 15 is 0 Å². The molecule has 5 heteroatoms. The molecule has 154 valence electrons. The lowest BCUT2D eigenvalue weighted by molar-refractivity contribution is 0.205. The molecule has 4 nitrogen and oxygen atoms in total. The molecular formula is C24H28ClNO3. The van der Waals surface area contributed by atoms with E-state index in [0.29, 0.717) is 12.5 Å². The topological polar surface area (TPSA) is 39.7 Å². The van der Waals surface area contributed by atoms with Crippen LogP contribution in [-0.2, 0) is 17.8 Å². The fourth-order valence-corrected chi connectivity index (χ4v) is 3.59. The number of fused-ring (bicyclic) bond motifs is 1. The highest BCUT2D eigenvalue weighted by atomic mass is 35.5. The molecule has 0 unspecified atom stereocenters. The second-order valence-corrected chi connectivity index (χ2v) is 7.24. The molecule has 1 N–H and O–H groups in total. The van der Waals surface area contributed by atoms with E-state index < -0.39 is 0 Å². The van der Waals surface area contributed by atoms with Gasteiger partial charge in [-0.15, -0.1) is 11.6 Å². The van der Waals surface area contributed by atoms with Gasteiger partial charge in [-0.25, -0.2) is 0 Å². The van der Waals surface area contributed by atoms with Crippen molar-refractivity contribution >= 4 is 17.3 Å². The van der Waals surface area contributed by atoms with E-state index in [1.807, 2.05) is 24.3 Å². The van der Waals surface area contributed by atoms with Crippen LogP contribution in [0, 0.1) is 0 Å². The first-order valence-electron chi connectivity index (χ1n) is 9.81. The van der Waals surface area contributed by atoms with Crippen molar-refractivity contribution < 1.29 is 14.2 Å². The molecule has 0 bridgehead atoms. The number of benzene rings is 2. The molecule has 1 aliphatic heterocycles. The summed E-state index contributed by atoms with van der Waals surface area (Å²) in [6.07, 6.45) is 3.74. The van der Waals surface area contributed by atoms with Crippen LogP contribution in [0.2, 0.25) is 0 Å². The zero-order chi connectivity index (χ0) is 20.6. The van der Waals surface area contributed by atoms with Gasteiger partial charge in [0.15, 0.2) is 11.5 Å². The first-order valence-corrected chi connectivity index (χ1v) is 10.3. The smallest absolute Gasteiger partial charge is 0.161 e. The number of ether oxygens (including phenoxy) is 3. The lowest BCUT2D eigenvalue weighted by Gasteiger charge is -2.26. The Morgan fingerprint density at radius 2 is 1.83 bits per heavy atom. The normalized spacial score (nSPS) is 15.2. The zero-order valence-corrected chi connectivity index (χ0v) is 18.0. The van der Waals surface area contributed by atoms with Crippen LogP contribution in [0.1, 0.15) is 30.0 Å². The lowest BCUT2D eigenvalue weighted by Crippen LogP contribution is -2.24. The van der Waals surface area contributed by atoms with Crippen LogP contribution < -0.4 is 14.8 Å². The first-order chi connectivity index (χ1) is 14.2. The van der Waals surface area contributed by atoms with E-state index in [4.69, 9.17) is 25.8 Å². The summed E-state index contributed by atoms with van der Waals surface area (Å²) in [6.45, 7) is 3.45. The maximum absolute atomic E-state index is 6.21. The zero-order valence-electron chi connectivity index (χ0n) is 17.3.